The van der Waals surface area contributed by atoms with Crippen LogP contribution in [0.15, 0.2) is 30.9 Å². The molecule has 0 aliphatic carbocycles. The fraction of sp³-hybridized carbons (Fsp3) is 0.400. The molecule has 0 saturated heterocycles. The Kier molecular flexibility index (Phi) is 4.92. The molecule has 0 radical (unpaired) electrons. The molecule has 2 aromatic heterocycles. The predicted molar refractivity (Wildman–Crippen MR) is 79.2 cm³/mol. The Hall–Kier alpha value is -2.37. The second-order valence-corrected chi connectivity index (χ2v) is 5.17. The molecule has 0 unspecified atom stereocenters. The highest BCUT2D eigenvalue weighted by Crippen LogP contribution is 2.12. The third-order valence-corrected chi connectivity index (χ3v) is 3.11. The van der Waals surface area contributed by atoms with Crippen molar-refractivity contribution >= 4 is 5.91 Å². The highest BCUT2D eigenvalue weighted by Gasteiger charge is 2.08. The number of nitrogens with one attached hydrogen (secondary N) is 1. The number of aromatic nitrogens is 3. The van der Waals surface area contributed by atoms with Crippen molar-refractivity contribution in [2.75, 3.05) is 6.54 Å². The number of rotatable bonds is 6. The lowest BCUT2D eigenvalue weighted by Gasteiger charge is -2.10. The lowest BCUT2D eigenvalue weighted by Crippen LogP contribution is -2.25. The van der Waals surface area contributed by atoms with Crippen LogP contribution >= 0.6 is 0 Å². The van der Waals surface area contributed by atoms with Crippen LogP contribution in [0, 0.1) is 0 Å². The van der Waals surface area contributed by atoms with Gasteiger partial charge in [-0.15, -0.1) is 0 Å². The highest BCUT2D eigenvalue weighted by molar-refractivity contribution is 5.94. The van der Waals surface area contributed by atoms with Crippen molar-refractivity contribution in [3.63, 3.8) is 0 Å². The monoisotopic (exact) mass is 288 g/mol. The maximum Gasteiger partial charge on any atom is 0.252 e. The van der Waals surface area contributed by atoms with Gasteiger partial charge in [0.05, 0.1) is 11.8 Å². The molecule has 0 saturated carbocycles. The Bertz CT molecular complexity index is 607. The first-order valence-electron chi connectivity index (χ1n) is 7.01. The van der Waals surface area contributed by atoms with Gasteiger partial charge in [0.15, 0.2) is 0 Å². The molecule has 2 N–H and O–H groups in total. The molecule has 6 heteroatoms. The van der Waals surface area contributed by atoms with Gasteiger partial charge >= 0.3 is 0 Å². The predicted octanol–water partition coefficient (Wildman–Crippen LogP) is 1.93. The second kappa shape index (κ2) is 6.88. The topological polar surface area (TPSA) is 80.0 Å². The Morgan fingerprint density at radius 3 is 2.95 bits per heavy atom. The molecular formula is C15H20N4O2. The molecule has 2 rings (SSSR count). The summed E-state index contributed by atoms with van der Waals surface area (Å²) in [4.78, 5) is 20.0. The summed E-state index contributed by atoms with van der Waals surface area (Å²) in [5, 5.41) is 12.1. The maximum absolute atomic E-state index is 11.9. The summed E-state index contributed by atoms with van der Waals surface area (Å²) in [6.07, 6.45) is 7.29. The van der Waals surface area contributed by atoms with Gasteiger partial charge in [0.2, 0.25) is 0 Å². The first-order valence-corrected chi connectivity index (χ1v) is 7.01. The van der Waals surface area contributed by atoms with Crippen LogP contribution in [-0.2, 0) is 6.54 Å². The largest absolute Gasteiger partial charge is 0.506 e. The van der Waals surface area contributed by atoms with Gasteiger partial charge in [0.25, 0.3) is 5.91 Å². The Morgan fingerprint density at radius 1 is 1.43 bits per heavy atom. The van der Waals surface area contributed by atoms with Gasteiger partial charge in [0.1, 0.15) is 11.6 Å². The fourth-order valence-corrected chi connectivity index (χ4v) is 2.12. The quantitative estimate of drug-likeness (QED) is 0.796. The fourth-order valence-electron chi connectivity index (χ4n) is 2.12. The minimum atomic E-state index is -0.229. The smallest absolute Gasteiger partial charge is 0.252 e. The molecule has 0 aliphatic heterocycles. The first kappa shape index (κ1) is 15.0. The average Bonchev–Trinajstić information content (AvgIpc) is 2.92. The van der Waals surface area contributed by atoms with E-state index in [0.717, 1.165) is 18.8 Å². The number of nitrogens with zero attached hydrogens (tertiary/aromatic N) is 3. The third kappa shape index (κ3) is 4.05. The average molecular weight is 288 g/mol. The maximum atomic E-state index is 11.9. The van der Waals surface area contributed by atoms with Gasteiger partial charge in [-0.25, -0.2) is 4.98 Å². The van der Waals surface area contributed by atoms with E-state index in [1.54, 1.807) is 6.20 Å². The van der Waals surface area contributed by atoms with Gasteiger partial charge in [-0.05, 0) is 12.5 Å². The van der Waals surface area contributed by atoms with Crippen molar-refractivity contribution in [2.45, 2.75) is 32.7 Å². The number of pyridine rings is 1. The number of aromatic hydroxyl groups is 1. The van der Waals surface area contributed by atoms with Crippen molar-refractivity contribution in [3.05, 3.63) is 42.2 Å². The SMILES string of the molecule is CC(C)c1nccn1CCCNC(=O)c1cncc(O)c1. The molecule has 21 heavy (non-hydrogen) atoms. The number of hydrogen-bond acceptors (Lipinski definition) is 4. The van der Waals surface area contributed by atoms with Crippen LogP contribution in [0.25, 0.3) is 0 Å². The van der Waals surface area contributed by atoms with E-state index in [0.29, 0.717) is 18.0 Å². The number of hydrogen-bond donors (Lipinski definition) is 2. The lowest BCUT2D eigenvalue weighted by atomic mass is 10.2. The van der Waals surface area contributed by atoms with E-state index in [9.17, 15) is 9.90 Å². The Labute approximate surface area is 123 Å². The standard InChI is InChI=1S/C15H20N4O2/c1-11(2)14-17-5-7-19(14)6-3-4-18-15(21)12-8-13(20)10-16-9-12/h5,7-11,20H,3-4,6H2,1-2H3,(H,18,21). The number of imidazole rings is 1. The van der Waals surface area contributed by atoms with Crippen LogP contribution in [0.5, 0.6) is 5.75 Å². The van der Waals surface area contributed by atoms with E-state index in [-0.39, 0.29) is 11.7 Å². The molecule has 0 aliphatic rings. The highest BCUT2D eigenvalue weighted by atomic mass is 16.3. The van der Waals surface area contributed by atoms with Crippen LogP contribution in [-0.4, -0.2) is 32.1 Å². The van der Waals surface area contributed by atoms with Crippen LogP contribution in [0.2, 0.25) is 0 Å². The number of amides is 1. The van der Waals surface area contributed by atoms with Gasteiger partial charge in [0, 0.05) is 37.6 Å². The van der Waals surface area contributed by atoms with Crippen LogP contribution in [0.1, 0.15) is 42.4 Å². The summed E-state index contributed by atoms with van der Waals surface area (Å²) >= 11 is 0. The molecule has 112 valence electrons. The van der Waals surface area contributed by atoms with Crippen molar-refractivity contribution in [1.82, 2.24) is 19.9 Å². The minimum absolute atomic E-state index is 0.0114. The summed E-state index contributed by atoms with van der Waals surface area (Å²) in [5.41, 5.74) is 0.362. The molecule has 6 nitrogen and oxygen atoms in total. The van der Waals surface area contributed by atoms with Crippen molar-refractivity contribution < 1.29 is 9.90 Å². The molecule has 0 bridgehead atoms. The van der Waals surface area contributed by atoms with E-state index in [1.165, 1.54) is 18.5 Å². The third-order valence-electron chi connectivity index (χ3n) is 3.11. The molecule has 0 atom stereocenters. The number of aryl methyl sites for hydroxylation is 1. The number of carbonyl (C=O) groups excluding carboxylic acids is 1. The van der Waals surface area contributed by atoms with E-state index in [2.05, 4.69) is 33.7 Å². The molecule has 1 amide bonds. The molecular weight excluding hydrogens is 268 g/mol. The summed E-state index contributed by atoms with van der Waals surface area (Å²) in [7, 11) is 0. The Morgan fingerprint density at radius 2 is 2.24 bits per heavy atom. The summed E-state index contributed by atoms with van der Waals surface area (Å²) in [6, 6.07) is 1.40. The summed E-state index contributed by atoms with van der Waals surface area (Å²) in [6.45, 7) is 5.58. The van der Waals surface area contributed by atoms with Gasteiger partial charge in [-0.2, -0.15) is 0 Å². The summed E-state index contributed by atoms with van der Waals surface area (Å²) in [5.74, 6) is 1.20. The summed E-state index contributed by atoms with van der Waals surface area (Å²) < 4.78 is 2.10. The van der Waals surface area contributed by atoms with Crippen LogP contribution < -0.4 is 5.32 Å². The first-order chi connectivity index (χ1) is 10.1. The molecule has 0 aromatic carbocycles. The lowest BCUT2D eigenvalue weighted by molar-refractivity contribution is 0.0952. The molecule has 2 aromatic rings. The van der Waals surface area contributed by atoms with Crippen molar-refractivity contribution in [3.8, 4) is 5.75 Å². The van der Waals surface area contributed by atoms with Crippen LogP contribution in [0.4, 0.5) is 0 Å². The minimum Gasteiger partial charge on any atom is -0.506 e. The van der Waals surface area contributed by atoms with Crippen LogP contribution in [0.3, 0.4) is 0 Å². The van der Waals surface area contributed by atoms with Crippen molar-refractivity contribution in [1.29, 1.82) is 0 Å². The number of carbonyl (C=O) groups is 1. The second-order valence-electron chi connectivity index (χ2n) is 5.17. The molecule has 0 spiro atoms. The van der Waals surface area contributed by atoms with E-state index >= 15 is 0 Å². The normalized spacial score (nSPS) is 10.8. The zero-order valence-electron chi connectivity index (χ0n) is 12.3. The molecule has 2 heterocycles. The Balaban J connectivity index is 1.79. The van der Waals surface area contributed by atoms with Gasteiger partial charge < -0.3 is 15.0 Å². The van der Waals surface area contributed by atoms with E-state index < -0.39 is 0 Å². The molecule has 0 fully saturated rings. The van der Waals surface area contributed by atoms with Gasteiger partial charge in [-0.3, -0.25) is 9.78 Å². The van der Waals surface area contributed by atoms with Crippen molar-refractivity contribution in [2.24, 2.45) is 0 Å². The zero-order chi connectivity index (χ0) is 15.2. The van der Waals surface area contributed by atoms with E-state index in [4.69, 9.17) is 0 Å². The van der Waals surface area contributed by atoms with E-state index in [1.807, 2.05) is 6.20 Å². The zero-order valence-corrected chi connectivity index (χ0v) is 12.3. The van der Waals surface area contributed by atoms with Gasteiger partial charge in [-0.1, -0.05) is 13.8 Å².